The van der Waals surface area contributed by atoms with Crippen LogP contribution in [0.2, 0.25) is 0 Å². The number of halogens is 5. The lowest BCUT2D eigenvalue weighted by atomic mass is 9.86. The summed E-state index contributed by atoms with van der Waals surface area (Å²) in [6, 6.07) is 14.9. The highest BCUT2D eigenvalue weighted by Gasteiger charge is 2.27. The van der Waals surface area contributed by atoms with Crippen LogP contribution in [-0.4, -0.2) is 49.1 Å². The van der Waals surface area contributed by atoms with Gasteiger partial charge in [-0.25, -0.2) is 13.2 Å². The largest absolute Gasteiger partial charge is 0.454 e. The standard InChI is InChI=1S/C32H36F3N3O2.2ClH/c1-22-6-9-25(38(21-39)32-5-3-4-14-36(32)2)17-27(22)24-12-15-37(16-13-24)20-23-7-10-26(11-8-23)40-31-19-29(34)28(33)18-30(31)35;;/h6-11,17-19,21,24,32H,3-5,12-16,20H2,1-2H3;2*1H. The molecule has 10 heteroatoms. The van der Waals surface area contributed by atoms with E-state index in [2.05, 4.69) is 42.0 Å². The minimum Gasteiger partial charge on any atom is -0.454 e. The Morgan fingerprint density at radius 1 is 0.881 bits per heavy atom. The predicted molar refractivity (Wildman–Crippen MR) is 165 cm³/mol. The van der Waals surface area contributed by atoms with Gasteiger partial charge in [-0.3, -0.25) is 19.5 Å². The van der Waals surface area contributed by atoms with E-state index in [1.807, 2.05) is 17.0 Å². The molecule has 2 saturated heterocycles. The highest BCUT2D eigenvalue weighted by molar-refractivity contribution is 5.85. The summed E-state index contributed by atoms with van der Waals surface area (Å²) in [5.74, 6) is -2.91. The average Bonchev–Trinajstić information content (AvgIpc) is 2.95. The van der Waals surface area contributed by atoms with Gasteiger partial charge in [0.25, 0.3) is 0 Å². The Bertz CT molecular complexity index is 1340. The van der Waals surface area contributed by atoms with Crippen LogP contribution in [0.5, 0.6) is 11.5 Å². The van der Waals surface area contributed by atoms with Crippen LogP contribution in [0.4, 0.5) is 18.9 Å². The molecule has 0 aliphatic carbocycles. The summed E-state index contributed by atoms with van der Waals surface area (Å²) < 4.78 is 46.0. The van der Waals surface area contributed by atoms with E-state index in [1.165, 1.54) is 17.5 Å². The lowest BCUT2D eigenvalue weighted by molar-refractivity contribution is -0.108. The number of rotatable bonds is 8. The first-order valence-corrected chi connectivity index (χ1v) is 14.0. The number of likely N-dealkylation sites (tertiary alicyclic amines) is 2. The van der Waals surface area contributed by atoms with Gasteiger partial charge in [0.1, 0.15) is 5.75 Å². The normalized spacial score (nSPS) is 18.1. The van der Waals surface area contributed by atoms with Crippen LogP contribution in [0.25, 0.3) is 0 Å². The summed E-state index contributed by atoms with van der Waals surface area (Å²) in [7, 11) is 2.10. The molecule has 0 N–H and O–H groups in total. The van der Waals surface area contributed by atoms with Gasteiger partial charge in [0.2, 0.25) is 6.41 Å². The quantitative estimate of drug-likeness (QED) is 0.189. The Kier molecular flexibility index (Phi) is 12.1. The van der Waals surface area contributed by atoms with Crippen molar-refractivity contribution in [2.24, 2.45) is 0 Å². The monoisotopic (exact) mass is 623 g/mol. The predicted octanol–water partition coefficient (Wildman–Crippen LogP) is 7.83. The molecule has 2 fully saturated rings. The maximum absolute atomic E-state index is 13.9. The first kappa shape index (κ1) is 33.7. The molecule has 1 atom stereocenters. The summed E-state index contributed by atoms with van der Waals surface area (Å²) in [6.45, 7) is 5.84. The Balaban J connectivity index is 0.00000242. The van der Waals surface area contributed by atoms with Crippen molar-refractivity contribution in [3.8, 4) is 11.5 Å². The number of aryl methyl sites for hydroxylation is 1. The van der Waals surface area contributed by atoms with E-state index in [-0.39, 0.29) is 36.7 Å². The van der Waals surface area contributed by atoms with Gasteiger partial charge in [-0.05, 0) is 113 Å². The van der Waals surface area contributed by atoms with Crippen molar-refractivity contribution in [3.05, 3.63) is 88.7 Å². The van der Waals surface area contributed by atoms with Crippen molar-refractivity contribution in [3.63, 3.8) is 0 Å². The second-order valence-electron chi connectivity index (χ2n) is 11.0. The van der Waals surface area contributed by atoms with Gasteiger partial charge in [0, 0.05) is 24.4 Å². The fourth-order valence-corrected chi connectivity index (χ4v) is 5.97. The lowest BCUT2D eigenvalue weighted by Crippen LogP contribution is -2.48. The van der Waals surface area contributed by atoms with E-state index >= 15 is 0 Å². The van der Waals surface area contributed by atoms with E-state index in [4.69, 9.17) is 4.74 Å². The summed E-state index contributed by atoms with van der Waals surface area (Å²) >= 11 is 0. The molecule has 42 heavy (non-hydrogen) atoms. The number of hydrogen-bond donors (Lipinski definition) is 0. The van der Waals surface area contributed by atoms with Gasteiger partial charge in [-0.2, -0.15) is 0 Å². The number of benzene rings is 3. The van der Waals surface area contributed by atoms with Gasteiger partial charge in [0.15, 0.2) is 23.2 Å². The zero-order valence-corrected chi connectivity index (χ0v) is 25.5. The molecule has 0 saturated carbocycles. The third kappa shape index (κ3) is 7.78. The van der Waals surface area contributed by atoms with Crippen molar-refractivity contribution < 1.29 is 22.7 Å². The number of hydrogen-bond acceptors (Lipinski definition) is 4. The molecule has 0 radical (unpaired) electrons. The molecular formula is C32H38Cl2F3N3O2. The van der Waals surface area contributed by atoms with Crippen molar-refractivity contribution >= 4 is 36.9 Å². The summed E-state index contributed by atoms with van der Waals surface area (Å²) in [5, 5.41) is 0. The maximum Gasteiger partial charge on any atom is 0.215 e. The molecular weight excluding hydrogens is 586 g/mol. The summed E-state index contributed by atoms with van der Waals surface area (Å²) in [6.07, 6.45) is 6.46. The van der Waals surface area contributed by atoms with Crippen molar-refractivity contribution in [2.75, 3.05) is 31.6 Å². The Hall–Kier alpha value is -2.78. The molecule has 2 aliphatic rings. The second kappa shape index (κ2) is 15.1. The maximum atomic E-state index is 13.9. The van der Waals surface area contributed by atoms with Crippen LogP contribution in [0.1, 0.15) is 54.7 Å². The van der Waals surface area contributed by atoms with Crippen molar-refractivity contribution in [1.82, 2.24) is 9.80 Å². The summed E-state index contributed by atoms with van der Waals surface area (Å²) in [5.41, 5.74) is 4.65. The molecule has 2 heterocycles. The minimum atomic E-state index is -1.25. The Labute approximate surface area is 258 Å². The molecule has 3 aromatic carbocycles. The van der Waals surface area contributed by atoms with Gasteiger partial charge in [0.05, 0.1) is 6.17 Å². The van der Waals surface area contributed by atoms with E-state index in [9.17, 15) is 18.0 Å². The van der Waals surface area contributed by atoms with Gasteiger partial charge in [-0.15, -0.1) is 24.8 Å². The number of anilines is 1. The smallest absolute Gasteiger partial charge is 0.215 e. The van der Waals surface area contributed by atoms with E-state index in [0.717, 1.165) is 69.5 Å². The fourth-order valence-electron chi connectivity index (χ4n) is 5.97. The van der Waals surface area contributed by atoms with Crippen LogP contribution in [0.15, 0.2) is 54.6 Å². The number of piperidine rings is 2. The van der Waals surface area contributed by atoms with E-state index in [0.29, 0.717) is 23.8 Å². The third-order valence-electron chi connectivity index (χ3n) is 8.29. The molecule has 228 valence electrons. The summed E-state index contributed by atoms with van der Waals surface area (Å²) in [4.78, 5) is 18.7. The highest BCUT2D eigenvalue weighted by Crippen LogP contribution is 2.35. The van der Waals surface area contributed by atoms with Gasteiger partial charge >= 0.3 is 0 Å². The molecule has 0 aromatic heterocycles. The second-order valence-corrected chi connectivity index (χ2v) is 11.0. The van der Waals surface area contributed by atoms with Crippen LogP contribution < -0.4 is 9.64 Å². The van der Waals surface area contributed by atoms with E-state index in [1.54, 1.807) is 12.1 Å². The Morgan fingerprint density at radius 2 is 1.57 bits per heavy atom. The minimum absolute atomic E-state index is 0. The molecule has 3 aromatic rings. The number of ether oxygens (including phenoxy) is 1. The Morgan fingerprint density at radius 3 is 2.24 bits per heavy atom. The van der Waals surface area contributed by atoms with Crippen LogP contribution in [0.3, 0.4) is 0 Å². The first-order valence-electron chi connectivity index (χ1n) is 14.0. The highest BCUT2D eigenvalue weighted by atomic mass is 35.5. The number of carbonyl (C=O) groups excluding carboxylic acids is 1. The molecule has 0 bridgehead atoms. The lowest BCUT2D eigenvalue weighted by Gasteiger charge is -2.39. The van der Waals surface area contributed by atoms with Crippen molar-refractivity contribution in [2.45, 2.75) is 57.7 Å². The SMILES string of the molecule is Cc1ccc(N(C=O)C2CCCCN2C)cc1C1CCN(Cc2ccc(Oc3cc(F)c(F)cc3F)cc2)CC1.Cl.Cl. The number of nitrogens with zero attached hydrogens (tertiary/aromatic N) is 3. The van der Waals surface area contributed by atoms with Crippen LogP contribution >= 0.6 is 24.8 Å². The molecule has 2 aliphatic heterocycles. The van der Waals surface area contributed by atoms with Gasteiger partial charge < -0.3 is 4.74 Å². The van der Waals surface area contributed by atoms with E-state index < -0.39 is 17.5 Å². The van der Waals surface area contributed by atoms with Crippen LogP contribution in [-0.2, 0) is 11.3 Å². The topological polar surface area (TPSA) is 36.0 Å². The third-order valence-corrected chi connectivity index (χ3v) is 8.29. The fraction of sp³-hybridized carbons (Fsp3) is 0.406. The molecule has 5 rings (SSSR count). The van der Waals surface area contributed by atoms with Crippen molar-refractivity contribution in [1.29, 1.82) is 0 Å². The average molecular weight is 625 g/mol. The van der Waals surface area contributed by atoms with Crippen LogP contribution in [0, 0.1) is 24.4 Å². The molecule has 5 nitrogen and oxygen atoms in total. The number of carbonyl (C=O) groups is 1. The molecule has 1 unspecified atom stereocenters. The van der Waals surface area contributed by atoms with Gasteiger partial charge in [-0.1, -0.05) is 18.2 Å². The zero-order valence-electron chi connectivity index (χ0n) is 23.9. The molecule has 1 amide bonds. The number of amides is 1. The zero-order chi connectivity index (χ0) is 28.2. The first-order chi connectivity index (χ1) is 19.3. The molecule has 0 spiro atoms.